The van der Waals surface area contributed by atoms with Gasteiger partial charge in [0.05, 0.1) is 11.6 Å². The van der Waals surface area contributed by atoms with Crippen LogP contribution in [-0.2, 0) is 11.8 Å². The molecule has 2 N–H and O–H groups in total. The number of aliphatic imine (C=N–C) groups is 1. The van der Waals surface area contributed by atoms with Crippen LogP contribution in [0.3, 0.4) is 0 Å². The van der Waals surface area contributed by atoms with Gasteiger partial charge in [0.15, 0.2) is 0 Å². The van der Waals surface area contributed by atoms with Gasteiger partial charge in [-0.1, -0.05) is 36.4 Å². The van der Waals surface area contributed by atoms with Crippen molar-refractivity contribution in [1.82, 2.24) is 20.0 Å². The maximum atomic E-state index is 12.5. The number of likely N-dealkylation sites (N-methyl/N-ethyl adjacent to an activating group) is 1. The number of aliphatic hydroxyl groups is 1. The van der Waals surface area contributed by atoms with Gasteiger partial charge < -0.3 is 10.4 Å². The second-order valence-corrected chi connectivity index (χ2v) is 6.76. The van der Waals surface area contributed by atoms with E-state index in [1.54, 1.807) is 17.8 Å². The highest BCUT2D eigenvalue weighted by molar-refractivity contribution is 6.13. The van der Waals surface area contributed by atoms with Crippen molar-refractivity contribution in [2.45, 2.75) is 6.10 Å². The van der Waals surface area contributed by atoms with Gasteiger partial charge in [-0.25, -0.2) is 4.99 Å². The molecule has 1 aliphatic heterocycles. The summed E-state index contributed by atoms with van der Waals surface area (Å²) in [6, 6.07) is 15.2. The number of nitrogens with zero attached hydrogens (tertiary/aromatic N) is 4. The minimum atomic E-state index is -0.687. The Balaban J connectivity index is 1.52. The van der Waals surface area contributed by atoms with Crippen molar-refractivity contribution in [2.24, 2.45) is 12.0 Å². The number of fused-ring (bicyclic) bond motifs is 1. The van der Waals surface area contributed by atoms with Crippen LogP contribution in [-0.4, -0.2) is 45.2 Å². The van der Waals surface area contributed by atoms with Crippen LogP contribution in [0.5, 0.6) is 0 Å². The van der Waals surface area contributed by atoms with Crippen molar-refractivity contribution >= 4 is 28.8 Å². The van der Waals surface area contributed by atoms with Crippen molar-refractivity contribution in [1.29, 1.82) is 0 Å². The predicted molar refractivity (Wildman–Crippen MR) is 108 cm³/mol. The summed E-state index contributed by atoms with van der Waals surface area (Å²) in [5.41, 5.74) is 2.94. The third kappa shape index (κ3) is 3.52. The van der Waals surface area contributed by atoms with E-state index in [1.165, 1.54) is 4.90 Å². The molecule has 0 aliphatic carbocycles. The molecule has 1 amide bonds. The molecule has 1 atom stereocenters. The van der Waals surface area contributed by atoms with Crippen LogP contribution in [0.25, 0.3) is 17.0 Å². The number of hydrogen-bond donors (Lipinski definition) is 2. The Hall–Kier alpha value is -3.45. The summed E-state index contributed by atoms with van der Waals surface area (Å²) >= 11 is 0. The summed E-state index contributed by atoms with van der Waals surface area (Å²) in [6.45, 7) is 0.259. The highest BCUT2D eigenvalue weighted by Gasteiger charge is 2.27. The second-order valence-electron chi connectivity index (χ2n) is 6.76. The lowest BCUT2D eigenvalue weighted by atomic mass is 10.1. The summed E-state index contributed by atoms with van der Waals surface area (Å²) in [6.07, 6.45) is 3.00. The van der Waals surface area contributed by atoms with Crippen LogP contribution in [0, 0.1) is 0 Å². The molecule has 2 aromatic carbocycles. The zero-order valence-corrected chi connectivity index (χ0v) is 15.7. The normalized spacial score (nSPS) is 16.7. The average molecular weight is 375 g/mol. The van der Waals surface area contributed by atoms with E-state index in [1.807, 2.05) is 61.8 Å². The lowest BCUT2D eigenvalue weighted by Gasteiger charge is -2.16. The number of nitrogens with one attached hydrogen (secondary N) is 1. The van der Waals surface area contributed by atoms with Gasteiger partial charge in [-0.3, -0.25) is 14.4 Å². The summed E-state index contributed by atoms with van der Waals surface area (Å²) in [5.74, 6) is 0.233. The molecule has 0 saturated heterocycles. The highest BCUT2D eigenvalue weighted by atomic mass is 16.3. The number of amides is 1. The Morgan fingerprint density at radius 1 is 1.18 bits per heavy atom. The Morgan fingerprint density at radius 2 is 1.96 bits per heavy atom. The molecule has 0 bridgehead atoms. The number of carbonyl (C=O) groups excluding carboxylic acids is 1. The van der Waals surface area contributed by atoms with Crippen LogP contribution in [0.15, 0.2) is 65.4 Å². The molecule has 0 fully saturated rings. The fraction of sp³-hybridized carbons (Fsp3) is 0.190. The smallest absolute Gasteiger partial charge is 0.279 e. The highest BCUT2D eigenvalue weighted by Crippen LogP contribution is 2.20. The Kier molecular flexibility index (Phi) is 4.67. The molecule has 4 rings (SSSR count). The van der Waals surface area contributed by atoms with Gasteiger partial charge in [-0.05, 0) is 29.3 Å². The van der Waals surface area contributed by atoms with Gasteiger partial charge in [0.1, 0.15) is 5.70 Å². The van der Waals surface area contributed by atoms with Crippen LogP contribution in [0.2, 0.25) is 0 Å². The molecule has 7 heteroatoms. The van der Waals surface area contributed by atoms with Crippen LogP contribution < -0.4 is 5.32 Å². The molecule has 2 heterocycles. The Labute approximate surface area is 162 Å². The van der Waals surface area contributed by atoms with Crippen molar-refractivity contribution in [3.05, 3.63) is 71.6 Å². The van der Waals surface area contributed by atoms with E-state index in [4.69, 9.17) is 0 Å². The minimum Gasteiger partial charge on any atom is -0.387 e. The standard InChI is InChI=1S/C21H21N5O2/c1-25-13-16-10-14(8-9-17(16)24-25)11-18-20(28)26(2)21(23-18)22-12-19(27)15-6-4-3-5-7-15/h3-11,13,19,27H,12H2,1-2H3,(H,22,23)/b18-11-/t19-/m0/s1. The van der Waals surface area contributed by atoms with E-state index in [-0.39, 0.29) is 12.5 Å². The fourth-order valence-electron chi connectivity index (χ4n) is 3.15. The number of benzene rings is 2. The number of guanidine groups is 1. The molecule has 1 aliphatic rings. The third-order valence-electron chi connectivity index (χ3n) is 4.65. The molecule has 1 aromatic heterocycles. The number of aryl methyl sites for hydroxylation is 1. The van der Waals surface area contributed by atoms with Crippen LogP contribution in [0.1, 0.15) is 17.2 Å². The monoisotopic (exact) mass is 375 g/mol. The van der Waals surface area contributed by atoms with E-state index in [9.17, 15) is 9.90 Å². The molecule has 3 aromatic rings. The zero-order valence-electron chi connectivity index (χ0n) is 15.7. The van der Waals surface area contributed by atoms with Gasteiger partial charge in [0.2, 0.25) is 5.96 Å². The fourth-order valence-corrected chi connectivity index (χ4v) is 3.15. The topological polar surface area (TPSA) is 82.8 Å². The predicted octanol–water partition coefficient (Wildman–Crippen LogP) is 2.07. The summed E-state index contributed by atoms with van der Waals surface area (Å²) in [4.78, 5) is 18.4. The molecule has 7 nitrogen and oxygen atoms in total. The van der Waals surface area contributed by atoms with E-state index >= 15 is 0 Å². The Bertz CT molecular complexity index is 1080. The van der Waals surface area contributed by atoms with Gasteiger partial charge >= 0.3 is 0 Å². The molecule has 0 radical (unpaired) electrons. The van der Waals surface area contributed by atoms with Gasteiger partial charge in [-0.15, -0.1) is 0 Å². The minimum absolute atomic E-state index is 0.192. The van der Waals surface area contributed by atoms with Crippen molar-refractivity contribution < 1.29 is 9.90 Å². The van der Waals surface area contributed by atoms with Crippen molar-refractivity contribution in [2.75, 3.05) is 13.6 Å². The first-order valence-corrected chi connectivity index (χ1v) is 9.00. The van der Waals surface area contributed by atoms with E-state index in [0.29, 0.717) is 11.7 Å². The first kappa shape index (κ1) is 17.9. The molecular weight excluding hydrogens is 354 g/mol. The van der Waals surface area contributed by atoms with Gasteiger partial charge in [0, 0.05) is 32.2 Å². The Morgan fingerprint density at radius 3 is 2.75 bits per heavy atom. The summed E-state index contributed by atoms with van der Waals surface area (Å²) < 4.78 is 1.76. The number of aromatic nitrogens is 2. The average Bonchev–Trinajstić information content (AvgIpc) is 3.20. The van der Waals surface area contributed by atoms with Crippen LogP contribution >= 0.6 is 0 Å². The SMILES string of the molecule is CN1C(=O)/C(=C/c2ccc3nn(C)cc3c2)N=C1NC[C@H](O)c1ccccc1. The second kappa shape index (κ2) is 7.28. The van der Waals surface area contributed by atoms with E-state index < -0.39 is 6.10 Å². The molecule has 142 valence electrons. The van der Waals surface area contributed by atoms with Gasteiger partial charge in [0.25, 0.3) is 5.91 Å². The first-order chi connectivity index (χ1) is 13.5. The number of hydrogen-bond acceptors (Lipinski definition) is 5. The van der Waals surface area contributed by atoms with Gasteiger partial charge in [-0.2, -0.15) is 5.10 Å². The number of rotatable bonds is 4. The lowest BCUT2D eigenvalue weighted by molar-refractivity contribution is -0.121. The van der Waals surface area contributed by atoms with Crippen molar-refractivity contribution in [3.63, 3.8) is 0 Å². The lowest BCUT2D eigenvalue weighted by Crippen LogP contribution is -2.39. The molecule has 0 unspecified atom stereocenters. The van der Waals surface area contributed by atoms with Crippen molar-refractivity contribution in [3.8, 4) is 0 Å². The number of aliphatic hydroxyl groups excluding tert-OH is 1. The van der Waals surface area contributed by atoms with Crippen LogP contribution in [0.4, 0.5) is 0 Å². The summed E-state index contributed by atoms with van der Waals surface area (Å²) in [5, 5.41) is 18.7. The maximum absolute atomic E-state index is 12.5. The quantitative estimate of drug-likeness (QED) is 0.684. The largest absolute Gasteiger partial charge is 0.387 e. The summed E-state index contributed by atoms with van der Waals surface area (Å²) in [7, 11) is 3.54. The number of carbonyl (C=O) groups is 1. The molecule has 0 saturated carbocycles. The molecular formula is C21H21N5O2. The molecule has 0 spiro atoms. The first-order valence-electron chi connectivity index (χ1n) is 9.00. The molecule has 28 heavy (non-hydrogen) atoms. The van der Waals surface area contributed by atoms with E-state index in [2.05, 4.69) is 15.4 Å². The maximum Gasteiger partial charge on any atom is 0.279 e. The van der Waals surface area contributed by atoms with E-state index in [0.717, 1.165) is 22.0 Å². The third-order valence-corrected chi connectivity index (χ3v) is 4.65. The zero-order chi connectivity index (χ0) is 19.7.